The maximum atomic E-state index is 13.3. The summed E-state index contributed by atoms with van der Waals surface area (Å²) < 4.78 is 9.85. The second kappa shape index (κ2) is 9.59. The van der Waals surface area contributed by atoms with E-state index in [1.807, 2.05) is 72.9 Å². The van der Waals surface area contributed by atoms with E-state index in [1.54, 1.807) is 23.9 Å². The Hall–Kier alpha value is -3.79. The minimum absolute atomic E-state index is 0.234. The molecule has 0 saturated heterocycles. The number of hydrogen-bond acceptors (Lipinski definition) is 6. The molecule has 6 aromatic rings. The van der Waals surface area contributed by atoms with Gasteiger partial charge in [0.25, 0.3) is 5.56 Å². The first-order chi connectivity index (χ1) is 18.0. The van der Waals surface area contributed by atoms with Crippen LogP contribution in [-0.4, -0.2) is 31.5 Å². The van der Waals surface area contributed by atoms with Crippen molar-refractivity contribution in [2.45, 2.75) is 0 Å². The molecule has 0 radical (unpaired) electrons. The van der Waals surface area contributed by atoms with E-state index in [9.17, 15) is 4.79 Å². The van der Waals surface area contributed by atoms with Crippen LogP contribution >= 0.6 is 38.9 Å². The zero-order valence-corrected chi connectivity index (χ0v) is 22.5. The summed E-state index contributed by atoms with van der Waals surface area (Å²) >= 11 is 10.8. The lowest BCUT2D eigenvalue weighted by Crippen LogP contribution is -2.23. The van der Waals surface area contributed by atoms with Gasteiger partial charge in [0.1, 0.15) is 11.4 Å². The van der Waals surface area contributed by atoms with Gasteiger partial charge in [-0.25, -0.2) is 4.68 Å². The topological polar surface area (TPSA) is 74.3 Å². The first-order valence-corrected chi connectivity index (χ1v) is 13.1. The summed E-state index contributed by atoms with van der Waals surface area (Å²) in [5, 5.41) is 9.92. The number of para-hydroxylation sites is 1. The Kier molecular flexibility index (Phi) is 6.11. The molecule has 37 heavy (non-hydrogen) atoms. The summed E-state index contributed by atoms with van der Waals surface area (Å²) in [5.74, 6) is 1.20. The molecule has 3 heterocycles. The van der Waals surface area contributed by atoms with E-state index in [0.717, 1.165) is 38.3 Å². The van der Waals surface area contributed by atoms with Crippen LogP contribution in [0.4, 0.5) is 0 Å². The molecule has 10 heteroatoms. The normalized spacial score (nSPS) is 11.9. The average Bonchev–Trinajstić information content (AvgIpc) is 3.60. The van der Waals surface area contributed by atoms with Crippen LogP contribution < -0.4 is 14.8 Å². The molecule has 0 spiro atoms. The lowest BCUT2D eigenvalue weighted by atomic mass is 10.1. The Morgan fingerprint density at radius 1 is 1.00 bits per heavy atom. The third-order valence-corrected chi connectivity index (χ3v) is 7.59. The van der Waals surface area contributed by atoms with Crippen molar-refractivity contribution in [2.75, 3.05) is 7.11 Å². The van der Waals surface area contributed by atoms with Crippen LogP contribution in [0.25, 0.3) is 39.4 Å². The van der Waals surface area contributed by atoms with Crippen molar-refractivity contribution >= 4 is 49.9 Å². The van der Waals surface area contributed by atoms with Crippen LogP contribution in [0.15, 0.2) is 88.3 Å². The number of rotatable bonds is 5. The van der Waals surface area contributed by atoms with Crippen molar-refractivity contribution in [2.24, 2.45) is 0 Å². The van der Waals surface area contributed by atoms with Gasteiger partial charge in [0.2, 0.25) is 4.96 Å². The van der Waals surface area contributed by atoms with Crippen LogP contribution in [0.5, 0.6) is 5.75 Å². The maximum Gasteiger partial charge on any atom is 0.291 e. The highest BCUT2D eigenvalue weighted by molar-refractivity contribution is 9.10. The third kappa shape index (κ3) is 4.46. The summed E-state index contributed by atoms with van der Waals surface area (Å²) in [7, 11) is 1.62. The number of hydrogen-bond donors (Lipinski definition) is 0. The van der Waals surface area contributed by atoms with Crippen LogP contribution in [0.2, 0.25) is 5.02 Å². The van der Waals surface area contributed by atoms with Crippen molar-refractivity contribution in [3.63, 3.8) is 0 Å². The van der Waals surface area contributed by atoms with E-state index in [4.69, 9.17) is 21.4 Å². The second-order valence-corrected chi connectivity index (χ2v) is 10.4. The standard InChI is InChI=1S/C27H17BrClN5O2S/c1-36-22-12-9-17(13-21(22)28)24-18(15-33(31-24)20-5-3-2-4-6-20)14-23-26(35)34-27(37-23)30-25(32-34)16-7-10-19(29)11-8-16/h2-15H,1H3/b23-14-. The lowest BCUT2D eigenvalue weighted by molar-refractivity contribution is 0.412. The average molecular weight is 591 g/mol. The molecular weight excluding hydrogens is 574 g/mol. The lowest BCUT2D eigenvalue weighted by Gasteiger charge is -2.05. The van der Waals surface area contributed by atoms with Crippen molar-refractivity contribution < 1.29 is 4.74 Å². The monoisotopic (exact) mass is 589 g/mol. The van der Waals surface area contributed by atoms with Gasteiger partial charge in [0, 0.05) is 27.9 Å². The third-order valence-electron chi connectivity index (χ3n) is 5.76. The Morgan fingerprint density at radius 2 is 1.76 bits per heavy atom. The van der Waals surface area contributed by atoms with E-state index in [-0.39, 0.29) is 5.56 Å². The molecule has 0 N–H and O–H groups in total. The summed E-state index contributed by atoms with van der Waals surface area (Å²) in [6.07, 6.45) is 3.75. The van der Waals surface area contributed by atoms with E-state index in [1.165, 1.54) is 15.9 Å². The fourth-order valence-electron chi connectivity index (χ4n) is 3.94. The number of halogens is 2. The van der Waals surface area contributed by atoms with Crippen LogP contribution in [0.3, 0.4) is 0 Å². The Labute approximate surface area is 228 Å². The largest absolute Gasteiger partial charge is 0.496 e. The SMILES string of the molecule is COc1ccc(-c2nn(-c3ccccc3)cc2/C=c2\sc3nc(-c4ccc(Cl)cc4)nn3c2=O)cc1Br. The molecule has 0 fully saturated rings. The number of fused-ring (bicyclic) bond motifs is 1. The number of nitrogens with zero attached hydrogens (tertiary/aromatic N) is 5. The van der Waals surface area contributed by atoms with Gasteiger partial charge >= 0.3 is 0 Å². The summed E-state index contributed by atoms with van der Waals surface area (Å²) in [6, 6.07) is 22.8. The first kappa shape index (κ1) is 23.6. The number of methoxy groups -OCH3 is 1. The van der Waals surface area contributed by atoms with E-state index >= 15 is 0 Å². The molecule has 7 nitrogen and oxygen atoms in total. The number of thiazole rings is 1. The number of ether oxygens (including phenoxy) is 1. The minimum atomic E-state index is -0.234. The highest BCUT2D eigenvalue weighted by atomic mass is 79.9. The molecule has 182 valence electrons. The fraction of sp³-hybridized carbons (Fsp3) is 0.0370. The van der Waals surface area contributed by atoms with E-state index in [2.05, 4.69) is 26.0 Å². The highest BCUT2D eigenvalue weighted by Gasteiger charge is 2.16. The van der Waals surface area contributed by atoms with Gasteiger partial charge in [-0.1, -0.05) is 41.1 Å². The van der Waals surface area contributed by atoms with Crippen LogP contribution in [0, 0.1) is 0 Å². The van der Waals surface area contributed by atoms with Crippen molar-refractivity contribution in [1.29, 1.82) is 0 Å². The first-order valence-electron chi connectivity index (χ1n) is 11.2. The van der Waals surface area contributed by atoms with E-state index in [0.29, 0.717) is 20.3 Å². The zero-order chi connectivity index (χ0) is 25.5. The highest BCUT2D eigenvalue weighted by Crippen LogP contribution is 2.32. The predicted octanol–water partition coefficient (Wildman–Crippen LogP) is 5.64. The van der Waals surface area contributed by atoms with Gasteiger partial charge < -0.3 is 4.74 Å². The smallest absolute Gasteiger partial charge is 0.291 e. The van der Waals surface area contributed by atoms with Crippen LogP contribution in [-0.2, 0) is 0 Å². The van der Waals surface area contributed by atoms with Gasteiger partial charge in [-0.15, -0.1) is 5.10 Å². The maximum absolute atomic E-state index is 13.3. The zero-order valence-electron chi connectivity index (χ0n) is 19.3. The van der Waals surface area contributed by atoms with Crippen LogP contribution in [0.1, 0.15) is 5.56 Å². The Balaban J connectivity index is 1.48. The molecule has 0 aliphatic heterocycles. The van der Waals surface area contributed by atoms with E-state index < -0.39 is 0 Å². The minimum Gasteiger partial charge on any atom is -0.496 e. The molecule has 0 bridgehead atoms. The molecule has 6 rings (SSSR count). The van der Waals surface area contributed by atoms with Gasteiger partial charge in [0.15, 0.2) is 5.82 Å². The van der Waals surface area contributed by atoms with Gasteiger partial charge in [0.05, 0.1) is 21.8 Å². The molecule has 0 aliphatic rings. The second-order valence-electron chi connectivity index (χ2n) is 8.11. The van der Waals surface area contributed by atoms with Crippen molar-refractivity contribution in [1.82, 2.24) is 24.4 Å². The fourth-order valence-corrected chi connectivity index (χ4v) is 5.51. The molecule has 3 aromatic carbocycles. The Bertz CT molecular complexity index is 1860. The molecular formula is C27H17BrClN5O2S. The predicted molar refractivity (Wildman–Crippen MR) is 150 cm³/mol. The quantitative estimate of drug-likeness (QED) is 0.260. The molecule has 0 amide bonds. The summed E-state index contributed by atoms with van der Waals surface area (Å²) in [5.41, 5.74) is 3.87. The number of benzene rings is 3. The van der Waals surface area contributed by atoms with Gasteiger partial charge in [-0.05, 0) is 76.6 Å². The molecule has 0 atom stereocenters. The molecule has 0 aliphatic carbocycles. The van der Waals surface area contributed by atoms with Crippen molar-refractivity contribution in [3.8, 4) is 34.1 Å². The Morgan fingerprint density at radius 3 is 2.46 bits per heavy atom. The number of aromatic nitrogens is 5. The van der Waals surface area contributed by atoms with Gasteiger partial charge in [-0.3, -0.25) is 4.79 Å². The molecule has 3 aromatic heterocycles. The molecule has 0 unspecified atom stereocenters. The molecule has 0 saturated carbocycles. The summed E-state index contributed by atoms with van der Waals surface area (Å²) in [6.45, 7) is 0. The van der Waals surface area contributed by atoms with Crippen molar-refractivity contribution in [3.05, 3.63) is 109 Å². The summed E-state index contributed by atoms with van der Waals surface area (Å²) in [4.78, 5) is 18.3. The van der Waals surface area contributed by atoms with Gasteiger partial charge in [-0.2, -0.15) is 14.6 Å².